The highest BCUT2D eigenvalue weighted by Gasteiger charge is 2.39. The molecule has 1 aliphatic carbocycles. The molecule has 0 amide bonds. The summed E-state index contributed by atoms with van der Waals surface area (Å²) in [5.74, 6) is 0. The summed E-state index contributed by atoms with van der Waals surface area (Å²) in [6, 6.07) is 20.4. The van der Waals surface area contributed by atoms with E-state index in [-0.39, 0.29) is 11.6 Å². The fourth-order valence-corrected chi connectivity index (χ4v) is 6.42. The van der Waals surface area contributed by atoms with Gasteiger partial charge in [0, 0.05) is 39.8 Å². The van der Waals surface area contributed by atoms with E-state index in [1.807, 2.05) is 0 Å². The van der Waals surface area contributed by atoms with Gasteiger partial charge in [-0.05, 0) is 70.3 Å². The number of nitrogens with zero attached hydrogens (tertiary/aromatic N) is 2. The Morgan fingerprint density at radius 2 is 1.82 bits per heavy atom. The van der Waals surface area contributed by atoms with Gasteiger partial charge < -0.3 is 10.3 Å². The van der Waals surface area contributed by atoms with Crippen LogP contribution in [0, 0.1) is 6.92 Å². The van der Waals surface area contributed by atoms with Crippen molar-refractivity contribution in [2.75, 3.05) is 14.1 Å². The van der Waals surface area contributed by atoms with Crippen molar-refractivity contribution in [3.63, 3.8) is 0 Å². The number of para-hydroxylation sites is 1. The number of thiazole rings is 1. The van der Waals surface area contributed by atoms with Crippen LogP contribution in [-0.2, 0) is 12.0 Å². The van der Waals surface area contributed by atoms with Gasteiger partial charge in [0.15, 0.2) is 0 Å². The summed E-state index contributed by atoms with van der Waals surface area (Å²) >= 11 is 1.78. The number of benzene rings is 2. The van der Waals surface area contributed by atoms with E-state index in [0.29, 0.717) is 6.04 Å². The molecule has 0 aliphatic heterocycles. The highest BCUT2D eigenvalue weighted by molar-refractivity contribution is 7.09. The van der Waals surface area contributed by atoms with E-state index in [9.17, 15) is 0 Å². The number of aromatic amines is 1. The third-order valence-electron chi connectivity index (χ3n) is 7.45. The molecule has 1 unspecified atom stereocenters. The van der Waals surface area contributed by atoms with Crippen LogP contribution in [0.4, 0.5) is 0 Å². The molecule has 1 aliphatic rings. The SMILES string of the molecule is Cc1csc(C(Cc2c[nH]c3ccccc23)NC2CCC(c3ccccc3)(N(C)C)CC2)n1. The Balaban J connectivity index is 1.35. The van der Waals surface area contributed by atoms with E-state index in [2.05, 4.69) is 102 Å². The number of aryl methyl sites for hydroxylation is 1. The maximum absolute atomic E-state index is 4.88. The summed E-state index contributed by atoms with van der Waals surface area (Å²) in [4.78, 5) is 10.8. The first kappa shape index (κ1) is 22.3. The van der Waals surface area contributed by atoms with Gasteiger partial charge in [-0.2, -0.15) is 0 Å². The van der Waals surface area contributed by atoms with Crippen LogP contribution in [0.1, 0.15) is 53.6 Å². The van der Waals surface area contributed by atoms with Crippen LogP contribution < -0.4 is 5.32 Å². The topological polar surface area (TPSA) is 44.0 Å². The lowest BCUT2D eigenvalue weighted by Gasteiger charge is -2.46. The van der Waals surface area contributed by atoms with E-state index < -0.39 is 0 Å². The van der Waals surface area contributed by atoms with Crippen LogP contribution >= 0.6 is 11.3 Å². The lowest BCUT2D eigenvalue weighted by Crippen LogP contribution is -2.48. The number of H-pyrrole nitrogens is 1. The van der Waals surface area contributed by atoms with Crippen molar-refractivity contribution in [1.82, 2.24) is 20.2 Å². The Labute approximate surface area is 201 Å². The third kappa shape index (κ3) is 4.50. The Kier molecular flexibility index (Phi) is 6.37. The average molecular weight is 459 g/mol. The molecule has 5 heteroatoms. The maximum Gasteiger partial charge on any atom is 0.110 e. The van der Waals surface area contributed by atoms with Crippen molar-refractivity contribution < 1.29 is 0 Å². The molecule has 0 saturated heterocycles. The minimum absolute atomic E-state index is 0.129. The second-order valence-corrected chi connectivity index (χ2v) is 10.6. The van der Waals surface area contributed by atoms with E-state index in [0.717, 1.165) is 12.1 Å². The summed E-state index contributed by atoms with van der Waals surface area (Å²) in [5.41, 5.74) is 5.25. The van der Waals surface area contributed by atoms with Crippen molar-refractivity contribution in [3.8, 4) is 0 Å². The lowest BCUT2D eigenvalue weighted by molar-refractivity contribution is 0.0832. The minimum atomic E-state index is 0.129. The van der Waals surface area contributed by atoms with Gasteiger partial charge in [0.2, 0.25) is 0 Å². The molecule has 2 aromatic carbocycles. The molecule has 33 heavy (non-hydrogen) atoms. The van der Waals surface area contributed by atoms with E-state index in [1.54, 1.807) is 11.3 Å². The molecule has 2 aromatic heterocycles. The second-order valence-electron chi connectivity index (χ2n) is 9.68. The van der Waals surface area contributed by atoms with Crippen LogP contribution in [0.5, 0.6) is 0 Å². The predicted molar refractivity (Wildman–Crippen MR) is 139 cm³/mol. The van der Waals surface area contributed by atoms with Gasteiger partial charge >= 0.3 is 0 Å². The summed E-state index contributed by atoms with van der Waals surface area (Å²) in [6.07, 6.45) is 7.79. The molecule has 4 aromatic rings. The largest absolute Gasteiger partial charge is 0.361 e. The van der Waals surface area contributed by atoms with Gasteiger partial charge in [-0.1, -0.05) is 48.5 Å². The van der Waals surface area contributed by atoms with Crippen LogP contribution in [-0.4, -0.2) is 35.0 Å². The summed E-state index contributed by atoms with van der Waals surface area (Å²) in [5, 5.41) is 8.72. The minimum Gasteiger partial charge on any atom is -0.361 e. The number of rotatable bonds is 7. The van der Waals surface area contributed by atoms with Crippen molar-refractivity contribution in [1.29, 1.82) is 0 Å². The molecular weight excluding hydrogens is 424 g/mol. The van der Waals surface area contributed by atoms with E-state index in [4.69, 9.17) is 4.98 Å². The van der Waals surface area contributed by atoms with Crippen molar-refractivity contribution in [3.05, 3.63) is 88.0 Å². The Hall–Kier alpha value is -2.47. The molecule has 0 spiro atoms. The van der Waals surface area contributed by atoms with Crippen LogP contribution in [0.25, 0.3) is 10.9 Å². The molecule has 5 rings (SSSR count). The number of aromatic nitrogens is 2. The van der Waals surface area contributed by atoms with Crippen molar-refractivity contribution in [2.24, 2.45) is 0 Å². The number of nitrogens with one attached hydrogen (secondary N) is 2. The Bertz CT molecular complexity index is 1180. The molecule has 0 bridgehead atoms. The van der Waals surface area contributed by atoms with E-state index in [1.165, 1.54) is 52.7 Å². The second kappa shape index (κ2) is 9.41. The zero-order valence-electron chi connectivity index (χ0n) is 19.8. The first-order chi connectivity index (χ1) is 16.0. The molecule has 2 heterocycles. The number of hydrogen-bond donors (Lipinski definition) is 2. The predicted octanol–water partition coefficient (Wildman–Crippen LogP) is 6.21. The molecule has 1 atom stereocenters. The maximum atomic E-state index is 4.88. The molecule has 0 radical (unpaired) electrons. The van der Waals surface area contributed by atoms with Gasteiger partial charge in [0.05, 0.1) is 6.04 Å². The number of fused-ring (bicyclic) bond motifs is 1. The molecule has 2 N–H and O–H groups in total. The normalized spacial score (nSPS) is 22.1. The Morgan fingerprint density at radius 1 is 1.09 bits per heavy atom. The summed E-state index contributed by atoms with van der Waals surface area (Å²) < 4.78 is 0. The van der Waals surface area contributed by atoms with Crippen molar-refractivity contribution in [2.45, 2.75) is 56.7 Å². The van der Waals surface area contributed by atoms with Gasteiger partial charge in [0.25, 0.3) is 0 Å². The molecular formula is C28H34N4S. The molecule has 4 nitrogen and oxygen atoms in total. The van der Waals surface area contributed by atoms with Gasteiger partial charge in [-0.15, -0.1) is 11.3 Å². The summed E-state index contributed by atoms with van der Waals surface area (Å²) in [6.45, 7) is 2.09. The van der Waals surface area contributed by atoms with Gasteiger partial charge in [-0.3, -0.25) is 4.90 Å². The highest BCUT2D eigenvalue weighted by Crippen LogP contribution is 2.41. The third-order valence-corrected chi connectivity index (χ3v) is 8.53. The molecule has 172 valence electrons. The first-order valence-corrected chi connectivity index (χ1v) is 12.9. The van der Waals surface area contributed by atoms with Crippen LogP contribution in [0.2, 0.25) is 0 Å². The van der Waals surface area contributed by atoms with Crippen molar-refractivity contribution >= 4 is 22.2 Å². The first-order valence-electron chi connectivity index (χ1n) is 12.0. The quantitative estimate of drug-likeness (QED) is 0.346. The standard InChI is InChI=1S/C28H34N4S/c1-20-19-33-27(30-20)26(17-21-18-29-25-12-8-7-11-24(21)25)31-23-13-15-28(16-14-23,32(2)3)22-9-5-4-6-10-22/h4-12,18-19,23,26,29,31H,13-17H2,1-3H3. The van der Waals surface area contributed by atoms with E-state index >= 15 is 0 Å². The lowest BCUT2D eigenvalue weighted by atomic mass is 9.74. The monoisotopic (exact) mass is 458 g/mol. The molecule has 1 fully saturated rings. The average Bonchev–Trinajstić information content (AvgIpc) is 3.46. The van der Waals surface area contributed by atoms with Gasteiger partial charge in [-0.25, -0.2) is 4.98 Å². The fraction of sp³-hybridized carbons (Fsp3) is 0.393. The smallest absolute Gasteiger partial charge is 0.110 e. The zero-order valence-corrected chi connectivity index (χ0v) is 20.7. The molecule has 1 saturated carbocycles. The highest BCUT2D eigenvalue weighted by atomic mass is 32.1. The number of hydrogen-bond acceptors (Lipinski definition) is 4. The van der Waals surface area contributed by atoms with Gasteiger partial charge in [0.1, 0.15) is 5.01 Å². The zero-order chi connectivity index (χ0) is 22.8. The van der Waals surface area contributed by atoms with Crippen LogP contribution in [0.3, 0.4) is 0 Å². The van der Waals surface area contributed by atoms with Crippen LogP contribution in [0.15, 0.2) is 66.2 Å². The fourth-order valence-electron chi connectivity index (χ4n) is 5.56. The summed E-state index contributed by atoms with van der Waals surface area (Å²) in [7, 11) is 4.47. The Morgan fingerprint density at radius 3 is 2.52 bits per heavy atom.